The van der Waals surface area contributed by atoms with E-state index in [1.54, 1.807) is 18.2 Å². The fraction of sp³-hybridized carbons (Fsp3) is 0.571. The molecular weight excluding hydrogens is 215 g/mol. The van der Waals surface area contributed by atoms with Gasteiger partial charge in [0.15, 0.2) is 5.82 Å². The Labute approximate surface area is 104 Å². The van der Waals surface area contributed by atoms with E-state index in [2.05, 4.69) is 25.7 Å². The summed E-state index contributed by atoms with van der Waals surface area (Å²) in [6.45, 7) is 7.17. The number of nitrogen functional groups attached to an aromatic ring is 1. The normalized spacial score (nSPS) is 13.4. The summed E-state index contributed by atoms with van der Waals surface area (Å²) >= 11 is 0. The highest BCUT2D eigenvalue weighted by atomic mass is 19.1. The number of nitrogens with two attached hydrogens (primary N) is 1. The molecule has 17 heavy (non-hydrogen) atoms. The van der Waals surface area contributed by atoms with Gasteiger partial charge in [-0.05, 0) is 32.4 Å². The predicted molar refractivity (Wildman–Crippen MR) is 71.2 cm³/mol. The Hall–Kier alpha value is -1.09. The molecule has 0 fully saturated rings. The van der Waals surface area contributed by atoms with Crippen LogP contribution in [0.5, 0.6) is 0 Å². The topological polar surface area (TPSA) is 29.3 Å². The van der Waals surface area contributed by atoms with Crippen molar-refractivity contribution in [3.63, 3.8) is 0 Å². The van der Waals surface area contributed by atoms with Crippen LogP contribution in [0.25, 0.3) is 0 Å². The molecule has 1 aromatic carbocycles. The molecule has 0 aliphatic carbocycles. The van der Waals surface area contributed by atoms with Crippen LogP contribution in [-0.2, 0) is 6.54 Å². The molecule has 96 valence electrons. The summed E-state index contributed by atoms with van der Waals surface area (Å²) in [5, 5.41) is 0. The highest BCUT2D eigenvalue weighted by molar-refractivity contribution is 5.42. The van der Waals surface area contributed by atoms with E-state index in [1.807, 2.05) is 7.05 Å². The maximum atomic E-state index is 13.7. The Morgan fingerprint density at radius 2 is 1.94 bits per heavy atom. The summed E-state index contributed by atoms with van der Waals surface area (Å²) in [4.78, 5) is 2.16. The molecule has 2 N–H and O–H groups in total. The van der Waals surface area contributed by atoms with Crippen molar-refractivity contribution in [2.45, 2.75) is 39.8 Å². The van der Waals surface area contributed by atoms with Gasteiger partial charge in [0.05, 0.1) is 5.69 Å². The van der Waals surface area contributed by atoms with Gasteiger partial charge in [0, 0.05) is 18.2 Å². The van der Waals surface area contributed by atoms with Gasteiger partial charge in [-0.1, -0.05) is 26.0 Å². The number of hydrogen-bond donors (Lipinski definition) is 1. The Morgan fingerprint density at radius 3 is 2.53 bits per heavy atom. The molecule has 0 saturated heterocycles. The minimum Gasteiger partial charge on any atom is -0.396 e. The summed E-state index contributed by atoms with van der Waals surface area (Å²) in [6.07, 6.45) is 1.11. The maximum absolute atomic E-state index is 13.7. The molecular formula is C14H23FN2. The predicted octanol–water partition coefficient (Wildman–Crippen LogP) is 3.27. The van der Waals surface area contributed by atoms with Crippen LogP contribution in [0.2, 0.25) is 0 Å². The van der Waals surface area contributed by atoms with Crippen LogP contribution in [0.4, 0.5) is 10.1 Å². The smallest absolute Gasteiger partial charge is 0.150 e. The Bertz CT molecular complexity index is 363. The van der Waals surface area contributed by atoms with E-state index in [0.717, 1.165) is 6.42 Å². The summed E-state index contributed by atoms with van der Waals surface area (Å²) in [5.74, 6) is 0.370. The van der Waals surface area contributed by atoms with Gasteiger partial charge in [-0.25, -0.2) is 4.39 Å². The van der Waals surface area contributed by atoms with Crippen LogP contribution in [0.3, 0.4) is 0 Å². The molecule has 3 heteroatoms. The first-order valence-corrected chi connectivity index (χ1v) is 6.15. The third-order valence-corrected chi connectivity index (χ3v) is 3.09. The van der Waals surface area contributed by atoms with Gasteiger partial charge in [-0.2, -0.15) is 0 Å². The van der Waals surface area contributed by atoms with Crippen molar-refractivity contribution in [2.75, 3.05) is 12.8 Å². The molecule has 0 bridgehead atoms. The molecule has 0 spiro atoms. The fourth-order valence-electron chi connectivity index (χ4n) is 2.01. The second kappa shape index (κ2) is 6.01. The van der Waals surface area contributed by atoms with Crippen LogP contribution in [-0.4, -0.2) is 18.0 Å². The van der Waals surface area contributed by atoms with Gasteiger partial charge in [-0.15, -0.1) is 0 Å². The Kier molecular flexibility index (Phi) is 4.94. The Balaban J connectivity index is 2.67. The minimum absolute atomic E-state index is 0.229. The molecule has 0 saturated carbocycles. The van der Waals surface area contributed by atoms with Crippen LogP contribution in [0.15, 0.2) is 18.2 Å². The number of halogens is 1. The number of benzene rings is 1. The lowest BCUT2D eigenvalue weighted by Crippen LogP contribution is -2.30. The fourth-order valence-corrected chi connectivity index (χ4v) is 2.01. The monoisotopic (exact) mass is 238 g/mol. The van der Waals surface area contributed by atoms with Crippen molar-refractivity contribution < 1.29 is 4.39 Å². The summed E-state index contributed by atoms with van der Waals surface area (Å²) < 4.78 is 13.7. The van der Waals surface area contributed by atoms with E-state index in [1.165, 1.54) is 0 Å². The third-order valence-electron chi connectivity index (χ3n) is 3.09. The number of nitrogens with zero attached hydrogens (tertiary/aromatic N) is 1. The third kappa shape index (κ3) is 4.00. The maximum Gasteiger partial charge on any atom is 0.150 e. The van der Waals surface area contributed by atoms with Crippen LogP contribution in [0, 0.1) is 11.7 Å². The molecule has 1 unspecified atom stereocenters. The van der Waals surface area contributed by atoms with Crippen molar-refractivity contribution in [1.29, 1.82) is 0 Å². The van der Waals surface area contributed by atoms with Crippen LogP contribution >= 0.6 is 0 Å². The minimum atomic E-state index is -0.281. The molecule has 0 radical (unpaired) electrons. The lowest BCUT2D eigenvalue weighted by molar-refractivity contribution is 0.218. The molecule has 2 nitrogen and oxygen atoms in total. The van der Waals surface area contributed by atoms with Crippen LogP contribution < -0.4 is 5.73 Å². The van der Waals surface area contributed by atoms with Gasteiger partial charge >= 0.3 is 0 Å². The highest BCUT2D eigenvalue weighted by Gasteiger charge is 2.14. The number of hydrogen-bond acceptors (Lipinski definition) is 2. The van der Waals surface area contributed by atoms with E-state index in [4.69, 9.17) is 5.73 Å². The summed E-state index contributed by atoms with van der Waals surface area (Å²) in [5.41, 5.74) is 6.46. The lowest BCUT2D eigenvalue weighted by Gasteiger charge is -2.26. The Morgan fingerprint density at radius 1 is 1.29 bits per heavy atom. The molecule has 0 heterocycles. The largest absolute Gasteiger partial charge is 0.396 e. The number of anilines is 1. The van der Waals surface area contributed by atoms with Crippen molar-refractivity contribution in [2.24, 2.45) is 5.92 Å². The molecule has 0 aliphatic rings. The molecule has 0 aromatic heterocycles. The zero-order valence-corrected chi connectivity index (χ0v) is 11.2. The first-order valence-electron chi connectivity index (χ1n) is 6.15. The first-order chi connectivity index (χ1) is 7.91. The zero-order valence-electron chi connectivity index (χ0n) is 11.2. The van der Waals surface area contributed by atoms with Gasteiger partial charge in [0.2, 0.25) is 0 Å². The van der Waals surface area contributed by atoms with E-state index in [9.17, 15) is 4.39 Å². The second-order valence-electron chi connectivity index (χ2n) is 5.21. The van der Waals surface area contributed by atoms with Crippen molar-refractivity contribution in [3.8, 4) is 0 Å². The second-order valence-corrected chi connectivity index (χ2v) is 5.21. The van der Waals surface area contributed by atoms with Gasteiger partial charge in [0.25, 0.3) is 0 Å². The molecule has 0 amide bonds. The lowest BCUT2D eigenvalue weighted by atomic mass is 10.0. The molecule has 1 atom stereocenters. The molecule has 1 rings (SSSR count). The van der Waals surface area contributed by atoms with Crippen molar-refractivity contribution in [1.82, 2.24) is 4.90 Å². The summed E-state index contributed by atoms with van der Waals surface area (Å²) in [6, 6.07) is 5.63. The first kappa shape index (κ1) is 14.0. The SMILES string of the molecule is CC(C)CC(C)N(C)Cc1cccc(N)c1F. The van der Waals surface area contributed by atoms with E-state index >= 15 is 0 Å². The average molecular weight is 238 g/mol. The standard InChI is InChI=1S/C14H23FN2/c1-10(2)8-11(3)17(4)9-12-6-5-7-13(16)14(12)15/h5-7,10-11H,8-9,16H2,1-4H3. The molecule has 1 aromatic rings. The van der Waals surface area contributed by atoms with Gasteiger partial charge in [0.1, 0.15) is 0 Å². The van der Waals surface area contributed by atoms with Crippen LogP contribution in [0.1, 0.15) is 32.8 Å². The zero-order chi connectivity index (χ0) is 13.0. The number of rotatable bonds is 5. The van der Waals surface area contributed by atoms with E-state index in [0.29, 0.717) is 24.1 Å². The van der Waals surface area contributed by atoms with Crippen molar-refractivity contribution in [3.05, 3.63) is 29.6 Å². The van der Waals surface area contributed by atoms with Gasteiger partial charge < -0.3 is 5.73 Å². The quantitative estimate of drug-likeness (QED) is 0.798. The van der Waals surface area contributed by atoms with Gasteiger partial charge in [-0.3, -0.25) is 4.90 Å². The van der Waals surface area contributed by atoms with Crippen molar-refractivity contribution >= 4 is 5.69 Å². The molecule has 0 aliphatic heterocycles. The van der Waals surface area contributed by atoms with E-state index < -0.39 is 0 Å². The average Bonchev–Trinajstić information content (AvgIpc) is 2.23. The van der Waals surface area contributed by atoms with E-state index in [-0.39, 0.29) is 11.5 Å². The highest BCUT2D eigenvalue weighted by Crippen LogP contribution is 2.18. The summed E-state index contributed by atoms with van der Waals surface area (Å²) in [7, 11) is 2.02.